The molecule has 0 bridgehead atoms. The molecule has 0 amide bonds. The van der Waals surface area contributed by atoms with Crippen molar-refractivity contribution in [2.24, 2.45) is 0 Å². The minimum absolute atomic E-state index is 0.0906. The lowest BCUT2D eigenvalue weighted by Gasteiger charge is -2.08. The van der Waals surface area contributed by atoms with Crippen molar-refractivity contribution in [1.82, 2.24) is 0 Å². The lowest BCUT2D eigenvalue weighted by molar-refractivity contribution is 0.297. The third kappa shape index (κ3) is 2.97. The largest absolute Gasteiger partial charge is 0.508 e. The van der Waals surface area contributed by atoms with Crippen molar-refractivity contribution in [1.29, 1.82) is 0 Å². The third-order valence-electron chi connectivity index (χ3n) is 2.26. The molecule has 0 spiro atoms. The van der Waals surface area contributed by atoms with E-state index in [9.17, 15) is 4.39 Å². The second-order valence-electron chi connectivity index (χ2n) is 3.49. The molecule has 0 unspecified atom stereocenters. The first-order chi connectivity index (χ1) is 8.16. The minimum atomic E-state index is -0.475. The van der Waals surface area contributed by atoms with Gasteiger partial charge in [0.1, 0.15) is 23.9 Å². The lowest BCUT2D eigenvalue weighted by Crippen LogP contribution is -1.98. The van der Waals surface area contributed by atoms with Crippen LogP contribution in [0.25, 0.3) is 0 Å². The van der Waals surface area contributed by atoms with Gasteiger partial charge in [0.05, 0.1) is 4.47 Å². The van der Waals surface area contributed by atoms with E-state index in [1.807, 2.05) is 18.2 Å². The maximum Gasteiger partial charge on any atom is 0.133 e. The Labute approximate surface area is 107 Å². The van der Waals surface area contributed by atoms with E-state index in [2.05, 4.69) is 15.9 Å². The van der Waals surface area contributed by atoms with E-state index in [1.54, 1.807) is 6.07 Å². The first kappa shape index (κ1) is 11.9. The number of hydrogen-bond donors (Lipinski definition) is 1. The molecule has 0 fully saturated rings. The molecular weight excluding hydrogens is 287 g/mol. The Kier molecular flexibility index (Phi) is 3.64. The van der Waals surface area contributed by atoms with E-state index in [4.69, 9.17) is 9.84 Å². The van der Waals surface area contributed by atoms with Gasteiger partial charge in [-0.1, -0.05) is 12.1 Å². The van der Waals surface area contributed by atoms with Crippen molar-refractivity contribution in [3.05, 3.63) is 58.3 Å². The van der Waals surface area contributed by atoms with Crippen LogP contribution in [-0.4, -0.2) is 5.11 Å². The molecule has 2 rings (SSSR count). The van der Waals surface area contributed by atoms with Gasteiger partial charge >= 0.3 is 0 Å². The van der Waals surface area contributed by atoms with Crippen LogP contribution in [0.4, 0.5) is 4.39 Å². The summed E-state index contributed by atoms with van der Waals surface area (Å²) in [6.07, 6.45) is 0. The predicted octanol–water partition coefficient (Wildman–Crippen LogP) is 3.87. The Hall–Kier alpha value is -1.55. The standard InChI is InChI=1S/C13H10BrFO2/c14-11-3-1-2-4-13(11)17-8-9-5-6-10(16)7-12(9)15/h1-7,16H,8H2. The summed E-state index contributed by atoms with van der Waals surface area (Å²) in [5.74, 6) is 0.0872. The number of rotatable bonds is 3. The van der Waals surface area contributed by atoms with Gasteiger partial charge < -0.3 is 9.84 Å². The summed E-state index contributed by atoms with van der Waals surface area (Å²) in [6, 6.07) is 11.4. The Balaban J connectivity index is 2.10. The minimum Gasteiger partial charge on any atom is -0.508 e. The zero-order valence-electron chi connectivity index (χ0n) is 8.86. The summed E-state index contributed by atoms with van der Waals surface area (Å²) >= 11 is 3.34. The normalized spacial score (nSPS) is 10.2. The van der Waals surface area contributed by atoms with E-state index in [0.717, 1.165) is 10.5 Å². The van der Waals surface area contributed by atoms with Gasteiger partial charge in [0.25, 0.3) is 0 Å². The van der Waals surface area contributed by atoms with Crippen LogP contribution in [0.2, 0.25) is 0 Å². The molecule has 0 radical (unpaired) electrons. The molecule has 17 heavy (non-hydrogen) atoms. The molecule has 1 N–H and O–H groups in total. The van der Waals surface area contributed by atoms with E-state index < -0.39 is 5.82 Å². The predicted molar refractivity (Wildman–Crippen MR) is 66.5 cm³/mol. The zero-order chi connectivity index (χ0) is 12.3. The van der Waals surface area contributed by atoms with Crippen LogP contribution in [0, 0.1) is 5.82 Å². The number of aromatic hydroxyl groups is 1. The van der Waals surface area contributed by atoms with Gasteiger partial charge in [-0.05, 0) is 40.2 Å². The highest BCUT2D eigenvalue weighted by Crippen LogP contribution is 2.25. The molecule has 88 valence electrons. The lowest BCUT2D eigenvalue weighted by atomic mass is 10.2. The fourth-order valence-corrected chi connectivity index (χ4v) is 1.77. The average molecular weight is 297 g/mol. The first-order valence-electron chi connectivity index (χ1n) is 5.01. The molecule has 0 aliphatic carbocycles. The van der Waals surface area contributed by atoms with Gasteiger partial charge in [0.15, 0.2) is 0 Å². The van der Waals surface area contributed by atoms with Crippen molar-refractivity contribution in [3.8, 4) is 11.5 Å². The maximum atomic E-state index is 13.4. The molecular formula is C13H10BrFO2. The summed E-state index contributed by atoms with van der Waals surface area (Å²) < 4.78 is 19.7. The summed E-state index contributed by atoms with van der Waals surface area (Å²) in [5, 5.41) is 9.08. The van der Waals surface area contributed by atoms with Crippen molar-refractivity contribution < 1.29 is 14.2 Å². The highest BCUT2D eigenvalue weighted by molar-refractivity contribution is 9.10. The highest BCUT2D eigenvalue weighted by atomic mass is 79.9. The van der Waals surface area contributed by atoms with Crippen LogP contribution in [0.15, 0.2) is 46.9 Å². The Bertz CT molecular complexity index is 529. The molecule has 2 nitrogen and oxygen atoms in total. The fourth-order valence-electron chi connectivity index (χ4n) is 1.37. The molecule has 2 aromatic rings. The monoisotopic (exact) mass is 296 g/mol. The topological polar surface area (TPSA) is 29.5 Å². The SMILES string of the molecule is Oc1ccc(COc2ccccc2Br)c(F)c1. The Morgan fingerprint density at radius 1 is 1.18 bits per heavy atom. The number of hydrogen-bond acceptors (Lipinski definition) is 2. The van der Waals surface area contributed by atoms with Crippen LogP contribution in [0.3, 0.4) is 0 Å². The summed E-state index contributed by atoms with van der Waals surface area (Å²) in [6.45, 7) is 0.120. The first-order valence-corrected chi connectivity index (χ1v) is 5.81. The van der Waals surface area contributed by atoms with E-state index >= 15 is 0 Å². The van der Waals surface area contributed by atoms with E-state index in [0.29, 0.717) is 11.3 Å². The van der Waals surface area contributed by atoms with Crippen molar-refractivity contribution >= 4 is 15.9 Å². The van der Waals surface area contributed by atoms with E-state index in [-0.39, 0.29) is 12.4 Å². The summed E-state index contributed by atoms with van der Waals surface area (Å²) in [5.41, 5.74) is 0.401. The molecule has 0 heterocycles. The molecule has 0 atom stereocenters. The van der Waals surface area contributed by atoms with Crippen molar-refractivity contribution in [2.75, 3.05) is 0 Å². The maximum absolute atomic E-state index is 13.4. The zero-order valence-corrected chi connectivity index (χ0v) is 10.4. The van der Waals surface area contributed by atoms with Crippen LogP contribution in [0.5, 0.6) is 11.5 Å². The number of para-hydroxylation sites is 1. The van der Waals surface area contributed by atoms with Crippen molar-refractivity contribution in [3.63, 3.8) is 0 Å². The van der Waals surface area contributed by atoms with Crippen LogP contribution < -0.4 is 4.74 Å². The fraction of sp³-hybridized carbons (Fsp3) is 0.0769. The van der Waals surface area contributed by atoms with Crippen LogP contribution >= 0.6 is 15.9 Å². The van der Waals surface area contributed by atoms with E-state index in [1.165, 1.54) is 12.1 Å². The van der Waals surface area contributed by atoms with Gasteiger partial charge in [0.2, 0.25) is 0 Å². The average Bonchev–Trinajstić information content (AvgIpc) is 2.30. The smallest absolute Gasteiger partial charge is 0.133 e. The van der Waals surface area contributed by atoms with Crippen molar-refractivity contribution in [2.45, 2.75) is 6.61 Å². The molecule has 0 aromatic heterocycles. The van der Waals surface area contributed by atoms with Gasteiger partial charge in [-0.25, -0.2) is 4.39 Å². The number of phenols is 1. The van der Waals surface area contributed by atoms with Crippen LogP contribution in [0.1, 0.15) is 5.56 Å². The number of halogens is 2. The second kappa shape index (κ2) is 5.19. The molecule has 0 aliphatic heterocycles. The number of ether oxygens (including phenoxy) is 1. The van der Waals surface area contributed by atoms with Gasteiger partial charge in [-0.3, -0.25) is 0 Å². The summed E-state index contributed by atoms with van der Waals surface area (Å²) in [4.78, 5) is 0. The Morgan fingerprint density at radius 2 is 1.94 bits per heavy atom. The molecule has 4 heteroatoms. The quantitative estimate of drug-likeness (QED) is 0.931. The van der Waals surface area contributed by atoms with Gasteiger partial charge in [-0.2, -0.15) is 0 Å². The summed E-state index contributed by atoms with van der Waals surface area (Å²) in [7, 11) is 0. The molecule has 0 aliphatic rings. The highest BCUT2D eigenvalue weighted by Gasteiger charge is 2.05. The third-order valence-corrected chi connectivity index (χ3v) is 2.91. The van der Waals surface area contributed by atoms with Gasteiger partial charge in [-0.15, -0.1) is 0 Å². The number of phenolic OH excluding ortho intramolecular Hbond substituents is 1. The molecule has 2 aromatic carbocycles. The number of benzene rings is 2. The molecule has 0 saturated heterocycles. The van der Waals surface area contributed by atoms with Crippen LogP contribution in [-0.2, 0) is 6.61 Å². The van der Waals surface area contributed by atoms with Gasteiger partial charge in [0, 0.05) is 11.6 Å². The second-order valence-corrected chi connectivity index (χ2v) is 4.35. The Morgan fingerprint density at radius 3 is 2.65 bits per heavy atom. The molecule has 0 saturated carbocycles.